The van der Waals surface area contributed by atoms with Crippen LogP contribution >= 0.6 is 0 Å². The maximum absolute atomic E-state index is 5.74. The SMILES string of the molecule is Cc1nc(C2CCN(Cc3nc([C@@H](C)OCC(C)C)no3)CC2)no1. The summed E-state index contributed by atoms with van der Waals surface area (Å²) in [6.45, 7) is 11.3. The van der Waals surface area contributed by atoms with Crippen LogP contribution in [-0.4, -0.2) is 44.9 Å². The lowest BCUT2D eigenvalue weighted by molar-refractivity contribution is 0.0402. The average molecular weight is 349 g/mol. The van der Waals surface area contributed by atoms with Crippen LogP contribution in [0.1, 0.15) is 69.1 Å². The predicted octanol–water partition coefficient (Wildman–Crippen LogP) is 2.87. The summed E-state index contributed by atoms with van der Waals surface area (Å²) < 4.78 is 16.2. The molecule has 0 aromatic carbocycles. The Morgan fingerprint density at radius 3 is 2.52 bits per heavy atom. The van der Waals surface area contributed by atoms with Crippen molar-refractivity contribution in [3.8, 4) is 0 Å². The van der Waals surface area contributed by atoms with Crippen LogP contribution in [0.25, 0.3) is 0 Å². The Morgan fingerprint density at radius 2 is 1.88 bits per heavy atom. The second kappa shape index (κ2) is 8.05. The van der Waals surface area contributed by atoms with E-state index in [-0.39, 0.29) is 6.10 Å². The van der Waals surface area contributed by atoms with Crippen molar-refractivity contribution >= 4 is 0 Å². The molecule has 0 saturated carbocycles. The lowest BCUT2D eigenvalue weighted by Crippen LogP contribution is -2.32. The first-order valence-electron chi connectivity index (χ1n) is 8.98. The molecule has 0 amide bonds. The molecule has 0 radical (unpaired) electrons. The van der Waals surface area contributed by atoms with Gasteiger partial charge in [0.2, 0.25) is 11.8 Å². The second-order valence-electron chi connectivity index (χ2n) is 7.14. The Bertz CT molecular complexity index is 661. The number of hydrogen-bond donors (Lipinski definition) is 0. The van der Waals surface area contributed by atoms with Crippen molar-refractivity contribution in [3.63, 3.8) is 0 Å². The van der Waals surface area contributed by atoms with Gasteiger partial charge >= 0.3 is 0 Å². The Labute approximate surface area is 147 Å². The topological polar surface area (TPSA) is 90.3 Å². The smallest absolute Gasteiger partial charge is 0.240 e. The number of piperidine rings is 1. The average Bonchev–Trinajstić information content (AvgIpc) is 3.22. The molecule has 25 heavy (non-hydrogen) atoms. The summed E-state index contributed by atoms with van der Waals surface area (Å²) in [5.74, 6) is 3.57. The van der Waals surface area contributed by atoms with Gasteiger partial charge in [0.05, 0.1) is 6.54 Å². The van der Waals surface area contributed by atoms with E-state index >= 15 is 0 Å². The van der Waals surface area contributed by atoms with Crippen LogP contribution in [0.5, 0.6) is 0 Å². The molecule has 1 aliphatic heterocycles. The van der Waals surface area contributed by atoms with Gasteiger partial charge in [0, 0.05) is 19.4 Å². The normalized spacial score (nSPS) is 18.1. The largest absolute Gasteiger partial charge is 0.370 e. The highest BCUT2D eigenvalue weighted by Gasteiger charge is 2.25. The summed E-state index contributed by atoms with van der Waals surface area (Å²) in [4.78, 5) is 11.1. The monoisotopic (exact) mass is 349 g/mol. The molecule has 0 spiro atoms. The minimum absolute atomic E-state index is 0.146. The molecule has 1 fully saturated rings. The van der Waals surface area contributed by atoms with Gasteiger partial charge in [-0.2, -0.15) is 9.97 Å². The third kappa shape index (κ3) is 4.85. The van der Waals surface area contributed by atoms with Gasteiger partial charge in [0.15, 0.2) is 11.6 Å². The van der Waals surface area contributed by atoms with E-state index in [9.17, 15) is 0 Å². The fraction of sp³-hybridized carbons (Fsp3) is 0.765. The molecule has 1 aliphatic rings. The van der Waals surface area contributed by atoms with Gasteiger partial charge in [0.1, 0.15) is 6.10 Å². The maximum atomic E-state index is 5.74. The van der Waals surface area contributed by atoms with E-state index in [1.807, 2.05) is 13.8 Å². The molecule has 1 atom stereocenters. The number of ether oxygens (including phenoxy) is 1. The molecule has 3 rings (SSSR count). The molecule has 2 aromatic heterocycles. The van der Waals surface area contributed by atoms with Crippen LogP contribution in [-0.2, 0) is 11.3 Å². The Kier molecular flexibility index (Phi) is 5.80. The van der Waals surface area contributed by atoms with E-state index in [1.165, 1.54) is 0 Å². The van der Waals surface area contributed by atoms with Crippen molar-refractivity contribution in [1.29, 1.82) is 0 Å². The van der Waals surface area contributed by atoms with Gasteiger partial charge in [-0.3, -0.25) is 4.90 Å². The standard InChI is InChI=1S/C17H27N5O3/c1-11(2)10-23-12(3)16-19-15(25-20-16)9-22-7-5-14(6-8-22)17-18-13(4)24-21-17/h11-12,14H,5-10H2,1-4H3/t12-/m1/s1. The first kappa shape index (κ1) is 18.0. The summed E-state index contributed by atoms with van der Waals surface area (Å²) in [5.41, 5.74) is 0. The van der Waals surface area contributed by atoms with Crippen molar-refractivity contribution in [2.45, 2.75) is 59.1 Å². The van der Waals surface area contributed by atoms with Crippen LogP contribution in [0.3, 0.4) is 0 Å². The highest BCUT2D eigenvalue weighted by atomic mass is 16.5. The Balaban J connectivity index is 1.47. The summed E-state index contributed by atoms with van der Waals surface area (Å²) in [6, 6.07) is 0. The van der Waals surface area contributed by atoms with Crippen LogP contribution in [0.4, 0.5) is 0 Å². The van der Waals surface area contributed by atoms with Crippen molar-refractivity contribution in [2.24, 2.45) is 5.92 Å². The van der Waals surface area contributed by atoms with Crippen LogP contribution in [0.2, 0.25) is 0 Å². The van der Waals surface area contributed by atoms with E-state index in [1.54, 1.807) is 0 Å². The summed E-state index contributed by atoms with van der Waals surface area (Å²) >= 11 is 0. The second-order valence-corrected chi connectivity index (χ2v) is 7.14. The third-order valence-electron chi connectivity index (χ3n) is 4.38. The molecule has 0 N–H and O–H groups in total. The number of aryl methyl sites for hydroxylation is 1. The number of rotatable bonds is 7. The van der Waals surface area contributed by atoms with Crippen LogP contribution < -0.4 is 0 Å². The molecular weight excluding hydrogens is 322 g/mol. The zero-order valence-electron chi connectivity index (χ0n) is 15.4. The molecular formula is C17H27N5O3. The summed E-state index contributed by atoms with van der Waals surface area (Å²) in [6.07, 6.45) is 1.87. The fourth-order valence-corrected chi connectivity index (χ4v) is 2.93. The minimum atomic E-state index is -0.146. The number of likely N-dealkylation sites (tertiary alicyclic amines) is 1. The van der Waals surface area contributed by atoms with Gasteiger partial charge in [-0.05, 0) is 38.8 Å². The van der Waals surface area contributed by atoms with Crippen LogP contribution in [0.15, 0.2) is 9.05 Å². The molecule has 2 aromatic rings. The highest BCUT2D eigenvalue weighted by molar-refractivity contribution is 4.98. The van der Waals surface area contributed by atoms with E-state index < -0.39 is 0 Å². The van der Waals surface area contributed by atoms with Gasteiger partial charge in [0.25, 0.3) is 0 Å². The van der Waals surface area contributed by atoms with Crippen molar-refractivity contribution in [3.05, 3.63) is 23.4 Å². The van der Waals surface area contributed by atoms with Gasteiger partial charge in [-0.1, -0.05) is 24.2 Å². The van der Waals surface area contributed by atoms with Crippen LogP contribution in [0, 0.1) is 12.8 Å². The Hall–Kier alpha value is -1.80. The minimum Gasteiger partial charge on any atom is -0.370 e. The predicted molar refractivity (Wildman–Crippen MR) is 89.8 cm³/mol. The zero-order valence-corrected chi connectivity index (χ0v) is 15.4. The fourth-order valence-electron chi connectivity index (χ4n) is 2.93. The Morgan fingerprint density at radius 1 is 1.12 bits per heavy atom. The molecule has 0 aliphatic carbocycles. The molecule has 0 unspecified atom stereocenters. The molecule has 8 nitrogen and oxygen atoms in total. The van der Waals surface area contributed by atoms with Crippen molar-refractivity contribution < 1.29 is 13.8 Å². The zero-order chi connectivity index (χ0) is 17.8. The third-order valence-corrected chi connectivity index (χ3v) is 4.38. The number of aromatic nitrogens is 4. The highest BCUT2D eigenvalue weighted by Crippen LogP contribution is 2.26. The first-order chi connectivity index (χ1) is 12.0. The van der Waals surface area contributed by atoms with E-state index in [2.05, 4.69) is 39.0 Å². The summed E-state index contributed by atoms with van der Waals surface area (Å²) in [5, 5.41) is 8.10. The van der Waals surface area contributed by atoms with Crippen molar-refractivity contribution in [2.75, 3.05) is 19.7 Å². The maximum Gasteiger partial charge on any atom is 0.240 e. The molecule has 138 valence electrons. The molecule has 0 bridgehead atoms. The quantitative estimate of drug-likeness (QED) is 0.753. The summed E-state index contributed by atoms with van der Waals surface area (Å²) in [7, 11) is 0. The lowest BCUT2D eigenvalue weighted by atomic mass is 9.96. The lowest BCUT2D eigenvalue weighted by Gasteiger charge is -2.29. The number of hydrogen-bond acceptors (Lipinski definition) is 8. The van der Waals surface area contributed by atoms with E-state index in [0.717, 1.165) is 31.8 Å². The van der Waals surface area contributed by atoms with E-state index in [0.29, 0.717) is 42.6 Å². The van der Waals surface area contributed by atoms with Gasteiger partial charge < -0.3 is 13.8 Å². The van der Waals surface area contributed by atoms with Crippen molar-refractivity contribution in [1.82, 2.24) is 25.2 Å². The van der Waals surface area contributed by atoms with Gasteiger partial charge in [-0.25, -0.2) is 0 Å². The number of nitrogens with zero attached hydrogens (tertiary/aromatic N) is 5. The molecule has 1 saturated heterocycles. The van der Waals surface area contributed by atoms with E-state index in [4.69, 9.17) is 13.8 Å². The first-order valence-corrected chi connectivity index (χ1v) is 8.98. The van der Waals surface area contributed by atoms with Gasteiger partial charge in [-0.15, -0.1) is 0 Å². The molecule has 8 heteroatoms. The molecule has 3 heterocycles.